The number of ether oxygens (including phenoxy) is 1. The van der Waals surface area contributed by atoms with Crippen LogP contribution in [-0.4, -0.2) is 23.2 Å². The number of rotatable bonds is 1. The molecule has 1 unspecified atom stereocenters. The van der Waals surface area contributed by atoms with Gasteiger partial charge in [-0.05, 0) is 42.5 Å². The number of nitrogens with two attached hydrogens (primary N) is 1. The number of fused-ring (bicyclic) bond motifs is 1. The summed E-state index contributed by atoms with van der Waals surface area (Å²) in [6, 6.07) is 11.2. The maximum Gasteiger partial charge on any atom is 0.282 e. The molecule has 112 valence electrons. The number of hydrogen-bond acceptors (Lipinski definition) is 4. The first-order valence-corrected chi connectivity index (χ1v) is 7.67. The van der Waals surface area contributed by atoms with E-state index in [-0.39, 0.29) is 5.54 Å². The first-order valence-electron chi connectivity index (χ1n) is 7.67. The molecule has 4 rings (SSSR count). The largest absolute Gasteiger partial charge is 0.463 e. The van der Waals surface area contributed by atoms with Crippen molar-refractivity contribution in [2.24, 2.45) is 10.7 Å². The quantitative estimate of drug-likeness (QED) is 0.879. The molecule has 2 aromatic rings. The van der Waals surface area contributed by atoms with Crippen LogP contribution in [0.1, 0.15) is 23.2 Å². The van der Waals surface area contributed by atoms with Gasteiger partial charge in [0.1, 0.15) is 12.1 Å². The normalized spacial score (nSPS) is 23.0. The van der Waals surface area contributed by atoms with Crippen molar-refractivity contribution < 1.29 is 4.74 Å². The first kappa shape index (κ1) is 13.3. The molecule has 0 fully saturated rings. The lowest BCUT2D eigenvalue weighted by molar-refractivity contribution is 0.235. The minimum Gasteiger partial charge on any atom is -0.463 e. The molecule has 0 saturated carbocycles. The van der Waals surface area contributed by atoms with E-state index in [0.29, 0.717) is 12.6 Å². The van der Waals surface area contributed by atoms with Crippen molar-refractivity contribution in [2.45, 2.75) is 31.7 Å². The topological polar surface area (TPSA) is 60.5 Å². The third kappa shape index (κ3) is 2.15. The van der Waals surface area contributed by atoms with E-state index in [9.17, 15) is 0 Å². The van der Waals surface area contributed by atoms with Crippen LogP contribution in [0.3, 0.4) is 0 Å². The van der Waals surface area contributed by atoms with Crippen LogP contribution in [0.15, 0.2) is 41.5 Å². The lowest BCUT2D eigenvalue weighted by atomic mass is 9.78. The van der Waals surface area contributed by atoms with Crippen molar-refractivity contribution in [3.05, 3.63) is 53.3 Å². The third-order valence-corrected chi connectivity index (χ3v) is 4.74. The standard InChI is InChI=1S/C18H19N3O/c1-12-16(3-2-8-20-12)14-5-4-13-6-7-18(10-15(13)9-14)11-22-17(19)21-18/h2-5,8-9H,6-7,10-11H2,1H3,(H2,19,21). The highest BCUT2D eigenvalue weighted by atomic mass is 16.5. The van der Waals surface area contributed by atoms with Crippen LogP contribution in [0.5, 0.6) is 0 Å². The van der Waals surface area contributed by atoms with E-state index in [1.807, 2.05) is 19.2 Å². The van der Waals surface area contributed by atoms with Gasteiger partial charge in [-0.15, -0.1) is 0 Å². The Balaban J connectivity index is 1.73. The predicted molar refractivity (Wildman–Crippen MR) is 86.7 cm³/mol. The summed E-state index contributed by atoms with van der Waals surface area (Å²) >= 11 is 0. The molecule has 2 aliphatic rings. The van der Waals surface area contributed by atoms with Crippen molar-refractivity contribution in [1.82, 2.24) is 4.98 Å². The average molecular weight is 293 g/mol. The Morgan fingerprint density at radius 2 is 2.14 bits per heavy atom. The fourth-order valence-electron chi connectivity index (χ4n) is 3.53. The average Bonchev–Trinajstić information content (AvgIpc) is 2.87. The monoisotopic (exact) mass is 293 g/mol. The van der Waals surface area contributed by atoms with E-state index in [0.717, 1.165) is 25.0 Å². The molecule has 4 nitrogen and oxygen atoms in total. The Morgan fingerprint density at radius 1 is 1.23 bits per heavy atom. The second-order valence-electron chi connectivity index (χ2n) is 6.26. The van der Waals surface area contributed by atoms with Gasteiger partial charge in [0, 0.05) is 23.9 Å². The van der Waals surface area contributed by atoms with Gasteiger partial charge in [0.15, 0.2) is 0 Å². The summed E-state index contributed by atoms with van der Waals surface area (Å²) in [6.45, 7) is 2.65. The number of amidine groups is 1. The zero-order valence-corrected chi connectivity index (χ0v) is 12.7. The molecule has 0 amide bonds. The minimum absolute atomic E-state index is 0.153. The fraction of sp³-hybridized carbons (Fsp3) is 0.333. The maximum atomic E-state index is 5.72. The summed E-state index contributed by atoms with van der Waals surface area (Å²) in [7, 11) is 0. The van der Waals surface area contributed by atoms with Gasteiger partial charge in [0.2, 0.25) is 0 Å². The molecule has 0 radical (unpaired) electrons. The summed E-state index contributed by atoms with van der Waals surface area (Å²) in [6.07, 6.45) is 4.77. The Bertz CT molecular complexity index is 769. The number of benzene rings is 1. The lowest BCUT2D eigenvalue weighted by Gasteiger charge is -2.30. The molecule has 4 heteroatoms. The van der Waals surface area contributed by atoms with E-state index in [1.165, 1.54) is 22.3 Å². The van der Waals surface area contributed by atoms with Crippen LogP contribution in [0.4, 0.5) is 0 Å². The Kier molecular flexibility index (Phi) is 2.93. The highest BCUT2D eigenvalue weighted by molar-refractivity contribution is 5.74. The molecular weight excluding hydrogens is 274 g/mol. The molecule has 2 heterocycles. The number of aliphatic imine (C=N–C) groups is 1. The molecule has 22 heavy (non-hydrogen) atoms. The van der Waals surface area contributed by atoms with Gasteiger partial charge in [-0.3, -0.25) is 4.98 Å². The molecule has 0 saturated heterocycles. The number of aryl methyl sites for hydroxylation is 2. The fourth-order valence-corrected chi connectivity index (χ4v) is 3.53. The van der Waals surface area contributed by atoms with Crippen LogP contribution in [0.2, 0.25) is 0 Å². The van der Waals surface area contributed by atoms with Crippen LogP contribution in [-0.2, 0) is 17.6 Å². The highest BCUT2D eigenvalue weighted by Gasteiger charge is 2.39. The minimum atomic E-state index is -0.153. The molecule has 1 aliphatic heterocycles. The van der Waals surface area contributed by atoms with Crippen molar-refractivity contribution in [1.29, 1.82) is 0 Å². The number of aromatic nitrogens is 1. The SMILES string of the molecule is Cc1ncccc1-c1ccc2c(c1)CC1(CC2)COC(N)=N1. The second-order valence-corrected chi connectivity index (χ2v) is 6.26. The molecule has 1 aromatic carbocycles. The summed E-state index contributed by atoms with van der Waals surface area (Å²) in [4.78, 5) is 8.95. The molecule has 1 spiro atoms. The Labute approximate surface area is 130 Å². The molecule has 2 N–H and O–H groups in total. The van der Waals surface area contributed by atoms with E-state index >= 15 is 0 Å². The molecule has 1 atom stereocenters. The summed E-state index contributed by atoms with van der Waals surface area (Å²) < 4.78 is 5.41. The van der Waals surface area contributed by atoms with Crippen molar-refractivity contribution in [3.63, 3.8) is 0 Å². The second kappa shape index (κ2) is 4.83. The number of hydrogen-bond donors (Lipinski definition) is 1. The summed E-state index contributed by atoms with van der Waals surface area (Å²) in [5.41, 5.74) is 11.8. The third-order valence-electron chi connectivity index (χ3n) is 4.74. The van der Waals surface area contributed by atoms with E-state index in [1.54, 1.807) is 0 Å². The maximum absolute atomic E-state index is 5.72. The van der Waals surface area contributed by atoms with Crippen molar-refractivity contribution >= 4 is 6.02 Å². The van der Waals surface area contributed by atoms with Crippen LogP contribution in [0.25, 0.3) is 11.1 Å². The Morgan fingerprint density at radius 3 is 2.91 bits per heavy atom. The molecule has 0 bridgehead atoms. The number of nitrogens with zero attached hydrogens (tertiary/aromatic N) is 2. The molecule has 1 aromatic heterocycles. The van der Waals surface area contributed by atoms with Gasteiger partial charge in [0.05, 0.1) is 0 Å². The van der Waals surface area contributed by atoms with Crippen molar-refractivity contribution in [2.75, 3.05) is 6.61 Å². The van der Waals surface area contributed by atoms with Crippen LogP contribution < -0.4 is 5.73 Å². The smallest absolute Gasteiger partial charge is 0.282 e. The zero-order valence-electron chi connectivity index (χ0n) is 12.7. The van der Waals surface area contributed by atoms with Crippen LogP contribution >= 0.6 is 0 Å². The Hall–Kier alpha value is -2.36. The molecule has 1 aliphatic carbocycles. The van der Waals surface area contributed by atoms with Crippen LogP contribution in [0, 0.1) is 6.92 Å². The van der Waals surface area contributed by atoms with Gasteiger partial charge in [-0.25, -0.2) is 4.99 Å². The zero-order chi connectivity index (χ0) is 15.2. The highest BCUT2D eigenvalue weighted by Crippen LogP contribution is 2.36. The lowest BCUT2D eigenvalue weighted by Crippen LogP contribution is -2.35. The number of pyridine rings is 1. The van der Waals surface area contributed by atoms with Crippen molar-refractivity contribution in [3.8, 4) is 11.1 Å². The van der Waals surface area contributed by atoms with Gasteiger partial charge < -0.3 is 10.5 Å². The van der Waals surface area contributed by atoms with Gasteiger partial charge in [-0.2, -0.15) is 0 Å². The van der Waals surface area contributed by atoms with E-state index in [4.69, 9.17) is 10.5 Å². The van der Waals surface area contributed by atoms with Gasteiger partial charge in [0.25, 0.3) is 6.02 Å². The van der Waals surface area contributed by atoms with Gasteiger partial charge in [-0.1, -0.05) is 24.3 Å². The van der Waals surface area contributed by atoms with E-state index in [2.05, 4.69) is 34.2 Å². The first-order chi connectivity index (χ1) is 10.7. The van der Waals surface area contributed by atoms with Gasteiger partial charge >= 0.3 is 0 Å². The predicted octanol–water partition coefficient (Wildman–Crippen LogP) is 2.63. The molecular formula is C18H19N3O. The van der Waals surface area contributed by atoms with E-state index < -0.39 is 0 Å². The summed E-state index contributed by atoms with van der Waals surface area (Å²) in [5, 5.41) is 0. The summed E-state index contributed by atoms with van der Waals surface area (Å²) in [5.74, 6) is 0.